The largest absolute Gasteiger partial charge is 0.496 e. The molecule has 0 radical (unpaired) electrons. The Morgan fingerprint density at radius 3 is 2.53 bits per heavy atom. The summed E-state index contributed by atoms with van der Waals surface area (Å²) in [5, 5.41) is 2.90. The van der Waals surface area contributed by atoms with Crippen LogP contribution in [0, 0.1) is 0 Å². The quantitative estimate of drug-likeness (QED) is 0.890. The van der Waals surface area contributed by atoms with E-state index in [1.165, 1.54) is 0 Å². The summed E-state index contributed by atoms with van der Waals surface area (Å²) < 4.78 is 10.7. The molecule has 0 aliphatic heterocycles. The van der Waals surface area contributed by atoms with E-state index >= 15 is 0 Å². The average Bonchev–Trinajstić information content (AvgIpc) is 2.35. The summed E-state index contributed by atoms with van der Waals surface area (Å²) in [6, 6.07) is 7.52. The second-order valence-electron chi connectivity index (χ2n) is 5.43. The molecule has 4 nitrogen and oxygen atoms in total. The van der Waals surface area contributed by atoms with Crippen molar-refractivity contribution in [3.8, 4) is 5.75 Å². The van der Waals surface area contributed by atoms with Crippen molar-refractivity contribution < 1.29 is 14.3 Å². The van der Waals surface area contributed by atoms with Gasteiger partial charge in [-0.3, -0.25) is 4.79 Å². The molecule has 1 amide bonds. The number of para-hydroxylation sites is 1. The lowest BCUT2D eigenvalue weighted by molar-refractivity contribution is -0.131. The second-order valence-corrected chi connectivity index (χ2v) is 5.43. The highest BCUT2D eigenvalue weighted by atomic mass is 16.5. The normalized spacial score (nSPS) is 12.9. The highest BCUT2D eigenvalue weighted by molar-refractivity contribution is 5.77. The zero-order chi connectivity index (χ0) is 14.5. The van der Waals surface area contributed by atoms with Crippen LogP contribution in [-0.2, 0) is 9.53 Å². The van der Waals surface area contributed by atoms with Gasteiger partial charge in [-0.15, -0.1) is 0 Å². The number of hydrogen-bond donors (Lipinski definition) is 1. The van der Waals surface area contributed by atoms with Gasteiger partial charge in [-0.2, -0.15) is 0 Å². The highest BCUT2D eigenvalue weighted by Gasteiger charge is 2.16. The predicted molar refractivity (Wildman–Crippen MR) is 75.3 cm³/mol. The first kappa shape index (κ1) is 15.5. The fourth-order valence-corrected chi connectivity index (χ4v) is 1.67. The molecule has 4 heteroatoms. The van der Waals surface area contributed by atoms with Crippen LogP contribution in [0.25, 0.3) is 0 Å². The van der Waals surface area contributed by atoms with Gasteiger partial charge in [-0.1, -0.05) is 18.2 Å². The van der Waals surface area contributed by atoms with E-state index in [2.05, 4.69) is 5.32 Å². The third-order valence-corrected chi connectivity index (χ3v) is 2.62. The maximum absolute atomic E-state index is 11.8. The summed E-state index contributed by atoms with van der Waals surface area (Å²) in [7, 11) is 1.62. The molecule has 1 rings (SSSR count). The molecule has 0 saturated heterocycles. The van der Waals surface area contributed by atoms with E-state index < -0.39 is 0 Å². The molecule has 0 spiro atoms. The SMILES string of the molecule is COc1ccccc1C(C)NC(=O)COC(C)(C)C. The van der Waals surface area contributed by atoms with Gasteiger partial charge in [-0.25, -0.2) is 0 Å². The molecule has 1 unspecified atom stereocenters. The molecule has 0 heterocycles. The molecular formula is C15H23NO3. The summed E-state index contributed by atoms with van der Waals surface area (Å²) in [6.07, 6.45) is 0. The third kappa shape index (κ3) is 5.30. The molecule has 1 atom stereocenters. The summed E-state index contributed by atoms with van der Waals surface area (Å²) in [5.74, 6) is 0.639. The molecular weight excluding hydrogens is 242 g/mol. The molecule has 1 aromatic carbocycles. The first-order valence-corrected chi connectivity index (χ1v) is 6.39. The van der Waals surface area contributed by atoms with E-state index in [-0.39, 0.29) is 24.2 Å². The smallest absolute Gasteiger partial charge is 0.246 e. The van der Waals surface area contributed by atoms with Gasteiger partial charge < -0.3 is 14.8 Å². The number of hydrogen-bond acceptors (Lipinski definition) is 3. The van der Waals surface area contributed by atoms with Crippen molar-refractivity contribution in [3.05, 3.63) is 29.8 Å². The standard InChI is InChI=1S/C15H23NO3/c1-11(12-8-6-7-9-13(12)18-5)16-14(17)10-19-15(2,3)4/h6-9,11H,10H2,1-5H3,(H,16,17). The van der Waals surface area contributed by atoms with Crippen molar-refractivity contribution in [3.63, 3.8) is 0 Å². The van der Waals surface area contributed by atoms with E-state index in [9.17, 15) is 4.79 Å². The maximum atomic E-state index is 11.8. The first-order valence-electron chi connectivity index (χ1n) is 6.39. The minimum absolute atomic E-state index is 0.0585. The number of ether oxygens (including phenoxy) is 2. The van der Waals surface area contributed by atoms with Crippen molar-refractivity contribution in [1.82, 2.24) is 5.32 Å². The number of methoxy groups -OCH3 is 1. The Labute approximate surface area is 115 Å². The summed E-state index contributed by atoms with van der Waals surface area (Å²) in [5.41, 5.74) is 0.638. The Morgan fingerprint density at radius 2 is 1.95 bits per heavy atom. The van der Waals surface area contributed by atoms with Crippen LogP contribution in [0.4, 0.5) is 0 Å². The number of rotatable bonds is 5. The van der Waals surface area contributed by atoms with Crippen LogP contribution in [0.3, 0.4) is 0 Å². The Morgan fingerprint density at radius 1 is 1.32 bits per heavy atom. The van der Waals surface area contributed by atoms with E-state index in [0.29, 0.717) is 0 Å². The van der Waals surface area contributed by atoms with Gasteiger partial charge in [0.25, 0.3) is 0 Å². The van der Waals surface area contributed by atoms with E-state index in [4.69, 9.17) is 9.47 Å². The molecule has 0 fully saturated rings. The van der Waals surface area contributed by atoms with Crippen molar-refractivity contribution in [1.29, 1.82) is 0 Å². The van der Waals surface area contributed by atoms with Crippen LogP contribution in [-0.4, -0.2) is 25.2 Å². The zero-order valence-electron chi connectivity index (χ0n) is 12.3. The van der Waals surface area contributed by atoms with Crippen molar-refractivity contribution in [2.75, 3.05) is 13.7 Å². The Kier molecular flexibility index (Phi) is 5.36. The highest BCUT2D eigenvalue weighted by Crippen LogP contribution is 2.24. The lowest BCUT2D eigenvalue weighted by Crippen LogP contribution is -2.33. The topological polar surface area (TPSA) is 47.6 Å². The predicted octanol–water partition coefficient (Wildman–Crippen LogP) is 2.69. The van der Waals surface area contributed by atoms with Crippen molar-refractivity contribution in [2.45, 2.75) is 39.3 Å². The summed E-state index contributed by atoms with van der Waals surface area (Å²) >= 11 is 0. The molecule has 19 heavy (non-hydrogen) atoms. The molecule has 0 aliphatic rings. The van der Waals surface area contributed by atoms with Gasteiger partial charge in [0.1, 0.15) is 12.4 Å². The monoisotopic (exact) mass is 265 g/mol. The van der Waals surface area contributed by atoms with Gasteiger partial charge in [0.15, 0.2) is 0 Å². The van der Waals surface area contributed by atoms with Gasteiger partial charge in [0.2, 0.25) is 5.91 Å². The van der Waals surface area contributed by atoms with Gasteiger partial charge in [-0.05, 0) is 33.8 Å². The second kappa shape index (κ2) is 6.57. The average molecular weight is 265 g/mol. The lowest BCUT2D eigenvalue weighted by atomic mass is 10.1. The fourth-order valence-electron chi connectivity index (χ4n) is 1.67. The van der Waals surface area contributed by atoms with Gasteiger partial charge in [0, 0.05) is 5.56 Å². The number of amides is 1. The van der Waals surface area contributed by atoms with Crippen LogP contribution in [0.2, 0.25) is 0 Å². The Hall–Kier alpha value is -1.55. The van der Waals surface area contributed by atoms with Crippen molar-refractivity contribution >= 4 is 5.91 Å². The Balaban J connectivity index is 2.59. The van der Waals surface area contributed by atoms with Crippen molar-refractivity contribution in [2.24, 2.45) is 0 Å². The minimum Gasteiger partial charge on any atom is -0.496 e. The number of carbonyl (C=O) groups is 1. The van der Waals surface area contributed by atoms with Crippen LogP contribution in [0.5, 0.6) is 5.75 Å². The van der Waals surface area contributed by atoms with Crippen LogP contribution < -0.4 is 10.1 Å². The summed E-state index contributed by atoms with van der Waals surface area (Å²) in [6.45, 7) is 7.74. The molecule has 0 aliphatic carbocycles. The molecule has 0 bridgehead atoms. The lowest BCUT2D eigenvalue weighted by Gasteiger charge is -2.21. The number of carbonyl (C=O) groups excluding carboxylic acids is 1. The molecule has 106 valence electrons. The van der Waals surface area contributed by atoms with Gasteiger partial charge >= 0.3 is 0 Å². The third-order valence-electron chi connectivity index (χ3n) is 2.62. The molecule has 1 N–H and O–H groups in total. The van der Waals surface area contributed by atoms with E-state index in [1.54, 1.807) is 7.11 Å². The van der Waals surface area contributed by atoms with Crippen LogP contribution >= 0.6 is 0 Å². The first-order chi connectivity index (χ1) is 8.83. The van der Waals surface area contributed by atoms with Gasteiger partial charge in [0.05, 0.1) is 18.8 Å². The summed E-state index contributed by atoms with van der Waals surface area (Å²) in [4.78, 5) is 11.8. The molecule has 0 saturated carbocycles. The number of benzene rings is 1. The van der Waals surface area contributed by atoms with E-state index in [1.807, 2.05) is 52.0 Å². The molecule has 1 aromatic rings. The van der Waals surface area contributed by atoms with E-state index in [0.717, 1.165) is 11.3 Å². The fraction of sp³-hybridized carbons (Fsp3) is 0.533. The maximum Gasteiger partial charge on any atom is 0.246 e. The molecule has 0 aromatic heterocycles. The van der Waals surface area contributed by atoms with Crippen LogP contribution in [0.15, 0.2) is 24.3 Å². The zero-order valence-corrected chi connectivity index (χ0v) is 12.3. The Bertz CT molecular complexity index is 424. The minimum atomic E-state index is -0.314. The number of nitrogens with one attached hydrogen (secondary N) is 1. The van der Waals surface area contributed by atoms with Crippen LogP contribution in [0.1, 0.15) is 39.3 Å².